The smallest absolute Gasteiger partial charge is 0.282 e. The van der Waals surface area contributed by atoms with Gasteiger partial charge in [0.2, 0.25) is 0 Å². The van der Waals surface area contributed by atoms with Gasteiger partial charge in [-0.15, -0.1) is 0 Å². The number of nitrogens with one attached hydrogen (secondary N) is 2. The third-order valence-corrected chi connectivity index (χ3v) is 5.93. The minimum absolute atomic E-state index is 0. The Morgan fingerprint density at radius 3 is 2.39 bits per heavy atom. The summed E-state index contributed by atoms with van der Waals surface area (Å²) in [4.78, 5) is 13.0. The molecule has 0 atom stereocenters. The summed E-state index contributed by atoms with van der Waals surface area (Å²) in [5.74, 6) is 0.821. The first-order valence-electron chi connectivity index (χ1n) is 9.72. The van der Waals surface area contributed by atoms with Gasteiger partial charge in [-0.2, -0.15) is 8.42 Å². The molecule has 0 saturated carbocycles. The van der Waals surface area contributed by atoms with E-state index >= 15 is 0 Å². The van der Waals surface area contributed by atoms with Crippen LogP contribution in [0, 0.1) is 0 Å². The van der Waals surface area contributed by atoms with E-state index in [2.05, 4.69) is 25.0 Å². The van der Waals surface area contributed by atoms with Crippen LogP contribution in [0.5, 0.6) is 5.75 Å². The number of ether oxygens (including phenoxy) is 1. The Kier molecular flexibility index (Phi) is 8.45. The van der Waals surface area contributed by atoms with Crippen LogP contribution in [0.25, 0.3) is 11.0 Å². The molecule has 0 saturated heterocycles. The van der Waals surface area contributed by atoms with Gasteiger partial charge < -0.3 is 19.7 Å². The maximum atomic E-state index is 12.9. The van der Waals surface area contributed by atoms with E-state index < -0.39 is 10.0 Å². The zero-order valence-corrected chi connectivity index (χ0v) is 22.4. The topological polar surface area (TPSA) is 131 Å². The average molecular weight is 494 g/mol. The van der Waals surface area contributed by atoms with E-state index in [0.29, 0.717) is 28.9 Å². The van der Waals surface area contributed by atoms with Crippen molar-refractivity contribution in [1.82, 2.24) is 19.5 Å². The fourth-order valence-corrected chi connectivity index (χ4v) is 4.12. The molecular weight excluding hydrogens is 471 g/mol. The number of imidazole rings is 1. The summed E-state index contributed by atoms with van der Waals surface area (Å²) in [5, 5.41) is 12.4. The fraction of sp³-hybridized carbons (Fsp3) is 0.190. The molecule has 0 aliphatic heterocycles. The summed E-state index contributed by atoms with van der Waals surface area (Å²) >= 11 is 0. The summed E-state index contributed by atoms with van der Waals surface area (Å²) in [6, 6.07) is 12.5. The van der Waals surface area contributed by atoms with Gasteiger partial charge in [-0.3, -0.25) is 4.72 Å². The second-order valence-corrected chi connectivity index (χ2v) is 8.64. The number of hydrogen-bond acceptors (Lipinski definition) is 8. The molecule has 2 aromatic carbocycles. The summed E-state index contributed by atoms with van der Waals surface area (Å²) < 4.78 is 35.1. The molecule has 0 spiro atoms. The minimum atomic E-state index is -4.00. The second kappa shape index (κ2) is 10.9. The average Bonchev–Trinajstić information content (AvgIpc) is 3.22. The first-order valence-corrected chi connectivity index (χ1v) is 11.2. The number of aromatic nitrogens is 4. The van der Waals surface area contributed by atoms with Crippen LogP contribution in [0.15, 0.2) is 60.0 Å². The predicted molar refractivity (Wildman–Crippen MR) is 126 cm³/mol. The monoisotopic (exact) mass is 493 g/mol. The van der Waals surface area contributed by atoms with Crippen molar-refractivity contribution in [3.63, 3.8) is 0 Å². The Morgan fingerprint density at radius 2 is 1.79 bits per heavy atom. The van der Waals surface area contributed by atoms with E-state index in [1.165, 1.54) is 17.1 Å². The summed E-state index contributed by atoms with van der Waals surface area (Å²) in [6.45, 7) is -0.0520. The van der Waals surface area contributed by atoms with Crippen molar-refractivity contribution in [3.05, 3.63) is 60.6 Å². The van der Waals surface area contributed by atoms with Crippen LogP contribution in [0.3, 0.4) is 0 Å². The van der Waals surface area contributed by atoms with Crippen LogP contribution in [-0.4, -0.2) is 98.1 Å². The van der Waals surface area contributed by atoms with Crippen molar-refractivity contribution >= 4 is 89.8 Å². The van der Waals surface area contributed by atoms with Crippen molar-refractivity contribution in [3.8, 4) is 5.75 Å². The number of para-hydroxylation sites is 2. The van der Waals surface area contributed by atoms with E-state index in [9.17, 15) is 13.5 Å². The Hall–Kier alpha value is -2.06. The van der Waals surface area contributed by atoms with Crippen molar-refractivity contribution in [1.29, 1.82) is 0 Å². The van der Waals surface area contributed by atoms with Gasteiger partial charge >= 0.3 is 0 Å². The van der Waals surface area contributed by atoms with Gasteiger partial charge in [0, 0.05) is 83.0 Å². The number of hydrogen-bond donors (Lipinski definition) is 3. The third-order valence-electron chi connectivity index (χ3n) is 4.71. The molecule has 2 aromatic heterocycles. The van der Waals surface area contributed by atoms with Gasteiger partial charge in [0.15, 0.2) is 16.7 Å². The van der Waals surface area contributed by atoms with Crippen LogP contribution in [0.4, 0.5) is 17.3 Å². The Bertz CT molecular complexity index is 1380. The number of rotatable bonds is 8. The third kappa shape index (κ3) is 5.90. The molecule has 167 valence electrons. The van der Waals surface area contributed by atoms with Gasteiger partial charge in [0.1, 0.15) is 5.75 Å². The zero-order chi connectivity index (χ0) is 22.7. The number of fused-ring (bicyclic) bond motifs is 1. The van der Waals surface area contributed by atoms with E-state index in [4.69, 9.17) is 4.74 Å². The Morgan fingerprint density at radius 1 is 1.09 bits per heavy atom. The molecule has 12 heteroatoms. The normalized spacial score (nSPS) is 11.1. The summed E-state index contributed by atoms with van der Waals surface area (Å²) in [5.41, 5.74) is 2.53. The van der Waals surface area contributed by atoms with E-state index in [1.54, 1.807) is 44.5 Å². The van der Waals surface area contributed by atoms with Crippen LogP contribution < -0.4 is 14.8 Å². The molecule has 0 aliphatic rings. The number of sulfonamides is 1. The molecular formula is C21H22KN6O4S. The molecule has 0 amide bonds. The van der Waals surface area contributed by atoms with Crippen molar-refractivity contribution in [2.75, 3.05) is 23.8 Å². The summed E-state index contributed by atoms with van der Waals surface area (Å²) in [6.07, 6.45) is 3.19. The van der Waals surface area contributed by atoms with Gasteiger partial charge in [0.25, 0.3) is 10.0 Å². The van der Waals surface area contributed by atoms with Crippen LogP contribution in [0.1, 0.15) is 5.56 Å². The number of aryl methyl sites for hydroxylation is 1. The van der Waals surface area contributed by atoms with Crippen LogP contribution in [0.2, 0.25) is 0 Å². The van der Waals surface area contributed by atoms with Gasteiger partial charge in [-0.25, -0.2) is 15.0 Å². The summed E-state index contributed by atoms with van der Waals surface area (Å²) in [7, 11) is -0.769. The van der Waals surface area contributed by atoms with Crippen molar-refractivity contribution < 1.29 is 18.3 Å². The van der Waals surface area contributed by atoms with E-state index in [1.807, 2.05) is 12.1 Å². The zero-order valence-electron chi connectivity index (χ0n) is 18.5. The van der Waals surface area contributed by atoms with E-state index in [0.717, 1.165) is 5.56 Å². The molecule has 33 heavy (non-hydrogen) atoms. The SMILES string of the molecule is COc1ccc(CCO)c(Nc2nc3ccccc3nc2NS(=O)(=O)c2cn(C)cn2)c1.[K]. The Balaban J connectivity index is 0.00000306. The number of benzene rings is 2. The quantitative estimate of drug-likeness (QED) is 0.318. The number of methoxy groups -OCH3 is 1. The maximum absolute atomic E-state index is 12.9. The van der Waals surface area contributed by atoms with E-state index in [-0.39, 0.29) is 74.7 Å². The number of anilines is 3. The molecule has 4 rings (SSSR count). The molecule has 1 radical (unpaired) electrons. The van der Waals surface area contributed by atoms with Gasteiger partial charge in [-0.05, 0) is 30.2 Å². The van der Waals surface area contributed by atoms with Crippen molar-refractivity contribution in [2.24, 2.45) is 7.05 Å². The molecule has 3 N–H and O–H groups in total. The first-order chi connectivity index (χ1) is 15.4. The standard InChI is InChI=1S/C21H22N6O4S.K/c1-27-12-19(22-13-27)32(29,30)26-21-20(23-16-5-3-4-6-17(16)24-21)25-18-11-15(31-2)8-7-14(18)9-10-28;/h3-8,11-13,28H,9-10H2,1-2H3,(H,23,25)(H,24,26);. The molecule has 10 nitrogen and oxygen atoms in total. The van der Waals surface area contributed by atoms with Gasteiger partial charge in [-0.1, -0.05) is 18.2 Å². The molecule has 0 aliphatic carbocycles. The predicted octanol–water partition coefficient (Wildman–Crippen LogP) is 2.07. The molecule has 2 heterocycles. The van der Waals surface area contributed by atoms with Gasteiger partial charge in [0.05, 0.1) is 24.5 Å². The molecule has 0 bridgehead atoms. The minimum Gasteiger partial charge on any atom is -0.497 e. The maximum Gasteiger partial charge on any atom is 0.282 e. The molecule has 4 aromatic rings. The largest absolute Gasteiger partial charge is 0.497 e. The second-order valence-electron chi connectivity index (χ2n) is 7.01. The first kappa shape index (κ1) is 25.6. The van der Waals surface area contributed by atoms with Crippen molar-refractivity contribution in [2.45, 2.75) is 11.4 Å². The number of nitrogens with zero attached hydrogens (tertiary/aromatic N) is 4. The van der Waals surface area contributed by atoms with Crippen LogP contribution >= 0.6 is 0 Å². The molecule has 0 fully saturated rings. The fourth-order valence-electron chi connectivity index (χ4n) is 3.13. The number of aliphatic hydroxyl groups excluding tert-OH is 1. The van der Waals surface area contributed by atoms with Crippen LogP contribution in [-0.2, 0) is 23.5 Å². The Labute approximate surface area is 233 Å². The molecule has 0 unspecified atom stereocenters. The number of aliphatic hydroxyl groups is 1.